The van der Waals surface area contributed by atoms with Crippen LogP contribution in [0.3, 0.4) is 0 Å². The number of nitrogens with one attached hydrogen (secondary N) is 2. The molecule has 0 unspecified atom stereocenters. The van der Waals surface area contributed by atoms with Crippen molar-refractivity contribution in [2.75, 3.05) is 11.8 Å². The number of sulfonamides is 1. The van der Waals surface area contributed by atoms with E-state index in [1.165, 1.54) is 16.0 Å². The van der Waals surface area contributed by atoms with Gasteiger partial charge >= 0.3 is 0 Å². The van der Waals surface area contributed by atoms with Crippen molar-refractivity contribution in [3.05, 3.63) is 27.0 Å². The Morgan fingerprint density at radius 1 is 1.53 bits per heavy atom. The molecule has 19 heavy (non-hydrogen) atoms. The van der Waals surface area contributed by atoms with E-state index in [4.69, 9.17) is 0 Å². The number of hydrogen-bond donors (Lipinski definition) is 2. The number of hydrogen-bond acceptors (Lipinski definition) is 5. The van der Waals surface area contributed by atoms with E-state index in [1.807, 2.05) is 7.05 Å². The van der Waals surface area contributed by atoms with E-state index in [0.717, 1.165) is 4.88 Å². The smallest absolute Gasteiger partial charge is 0.265 e. The van der Waals surface area contributed by atoms with Crippen molar-refractivity contribution in [3.63, 3.8) is 0 Å². The van der Waals surface area contributed by atoms with Gasteiger partial charge in [-0.2, -0.15) is 5.10 Å². The molecule has 0 bridgehead atoms. The fourth-order valence-corrected chi connectivity index (χ4v) is 5.20. The zero-order valence-electron chi connectivity index (χ0n) is 10.3. The fourth-order valence-electron chi connectivity index (χ4n) is 1.50. The SMILES string of the molecule is CNCc1cc(S(=O)(=O)Nc2ccn(C)n2)c(Br)s1. The zero-order chi connectivity index (χ0) is 14.0. The molecule has 2 rings (SSSR count). The number of aryl methyl sites for hydroxylation is 1. The Labute approximate surface area is 124 Å². The molecule has 2 heterocycles. The van der Waals surface area contributed by atoms with Gasteiger partial charge in [0.15, 0.2) is 5.82 Å². The number of aromatic nitrogens is 2. The Bertz CT molecular complexity index is 678. The minimum absolute atomic E-state index is 0.230. The lowest BCUT2D eigenvalue weighted by atomic mass is 10.5. The molecule has 2 N–H and O–H groups in total. The summed E-state index contributed by atoms with van der Waals surface area (Å²) in [5.41, 5.74) is 0. The maximum atomic E-state index is 12.2. The van der Waals surface area contributed by atoms with Crippen LogP contribution >= 0.6 is 27.3 Å². The number of rotatable bonds is 5. The van der Waals surface area contributed by atoms with Crippen molar-refractivity contribution in [3.8, 4) is 0 Å². The molecule has 2 aromatic heterocycles. The quantitative estimate of drug-likeness (QED) is 0.847. The summed E-state index contributed by atoms with van der Waals surface area (Å²) in [6.45, 7) is 0.627. The molecule has 0 amide bonds. The fraction of sp³-hybridized carbons (Fsp3) is 0.300. The molecule has 0 saturated heterocycles. The van der Waals surface area contributed by atoms with Gasteiger partial charge in [-0.05, 0) is 29.0 Å². The predicted molar refractivity (Wildman–Crippen MR) is 78.8 cm³/mol. The van der Waals surface area contributed by atoms with Crippen molar-refractivity contribution in [2.45, 2.75) is 11.4 Å². The van der Waals surface area contributed by atoms with Gasteiger partial charge in [-0.3, -0.25) is 9.40 Å². The second-order valence-electron chi connectivity index (χ2n) is 3.86. The van der Waals surface area contributed by atoms with Gasteiger partial charge in [0.25, 0.3) is 10.0 Å². The normalized spacial score (nSPS) is 11.7. The van der Waals surface area contributed by atoms with Crippen LogP contribution in [-0.4, -0.2) is 25.2 Å². The molecule has 0 saturated carbocycles. The van der Waals surface area contributed by atoms with Crippen molar-refractivity contribution in [1.82, 2.24) is 15.1 Å². The summed E-state index contributed by atoms with van der Waals surface area (Å²) in [7, 11) is -0.0793. The van der Waals surface area contributed by atoms with E-state index >= 15 is 0 Å². The molecule has 0 aliphatic rings. The Hall–Kier alpha value is -0.900. The number of nitrogens with zero attached hydrogens (tertiary/aromatic N) is 2. The van der Waals surface area contributed by atoms with Gasteiger partial charge in [-0.15, -0.1) is 11.3 Å². The highest BCUT2D eigenvalue weighted by Crippen LogP contribution is 2.32. The summed E-state index contributed by atoms with van der Waals surface area (Å²) in [4.78, 5) is 1.17. The third kappa shape index (κ3) is 3.35. The van der Waals surface area contributed by atoms with Crippen LogP contribution < -0.4 is 10.0 Å². The second-order valence-corrected chi connectivity index (χ2v) is 7.97. The third-order valence-electron chi connectivity index (χ3n) is 2.30. The molecular formula is C10H13BrN4O2S2. The Morgan fingerprint density at radius 2 is 2.26 bits per heavy atom. The Kier molecular flexibility index (Phi) is 4.29. The van der Waals surface area contributed by atoms with Crippen LogP contribution in [-0.2, 0) is 23.6 Å². The zero-order valence-corrected chi connectivity index (χ0v) is 13.6. The predicted octanol–water partition coefficient (Wildman–Crippen LogP) is 1.76. The highest BCUT2D eigenvalue weighted by Gasteiger charge is 2.21. The summed E-state index contributed by atoms with van der Waals surface area (Å²) in [6.07, 6.45) is 1.67. The minimum Gasteiger partial charge on any atom is -0.315 e. The highest BCUT2D eigenvalue weighted by atomic mass is 79.9. The molecule has 0 radical (unpaired) electrons. The lowest BCUT2D eigenvalue weighted by Gasteiger charge is -2.03. The van der Waals surface area contributed by atoms with Crippen molar-refractivity contribution in [1.29, 1.82) is 0 Å². The Morgan fingerprint density at radius 3 is 2.84 bits per heavy atom. The van der Waals surface area contributed by atoms with Crippen LogP contribution in [0.4, 0.5) is 5.82 Å². The lowest BCUT2D eigenvalue weighted by molar-refractivity contribution is 0.600. The molecule has 0 aromatic carbocycles. The second kappa shape index (κ2) is 5.61. The summed E-state index contributed by atoms with van der Waals surface area (Å²) in [5.74, 6) is 0.302. The third-order valence-corrected chi connectivity index (χ3v) is 5.91. The van der Waals surface area contributed by atoms with Gasteiger partial charge in [0.05, 0.1) is 3.79 Å². The summed E-state index contributed by atoms with van der Waals surface area (Å²) in [6, 6.07) is 3.25. The molecular weight excluding hydrogens is 352 g/mol. The molecule has 2 aromatic rings. The number of anilines is 1. The van der Waals surface area contributed by atoms with E-state index in [2.05, 4.69) is 31.1 Å². The van der Waals surface area contributed by atoms with E-state index in [-0.39, 0.29) is 4.90 Å². The molecule has 0 spiro atoms. The monoisotopic (exact) mass is 364 g/mol. The first-order valence-corrected chi connectivity index (χ1v) is 8.47. The van der Waals surface area contributed by atoms with E-state index in [9.17, 15) is 8.42 Å². The average Bonchev–Trinajstić information content (AvgIpc) is 2.86. The molecule has 6 nitrogen and oxygen atoms in total. The molecule has 0 aliphatic carbocycles. The van der Waals surface area contributed by atoms with Crippen molar-refractivity contribution >= 4 is 43.1 Å². The first kappa shape index (κ1) is 14.5. The van der Waals surface area contributed by atoms with Gasteiger partial charge in [-0.25, -0.2) is 8.42 Å². The van der Waals surface area contributed by atoms with Crippen LogP contribution in [0, 0.1) is 0 Å². The Balaban J connectivity index is 2.28. The number of thiophene rings is 1. The van der Waals surface area contributed by atoms with Crippen molar-refractivity contribution < 1.29 is 8.42 Å². The van der Waals surface area contributed by atoms with Gasteiger partial charge in [-0.1, -0.05) is 0 Å². The maximum absolute atomic E-state index is 12.2. The molecule has 9 heteroatoms. The first-order valence-electron chi connectivity index (χ1n) is 5.37. The van der Waals surface area contributed by atoms with Gasteiger partial charge in [0, 0.05) is 30.7 Å². The molecule has 0 atom stereocenters. The summed E-state index contributed by atoms with van der Waals surface area (Å²) < 4.78 is 29.1. The topological polar surface area (TPSA) is 76.0 Å². The largest absolute Gasteiger partial charge is 0.315 e. The first-order chi connectivity index (χ1) is 8.92. The van der Waals surface area contributed by atoms with E-state index in [1.54, 1.807) is 25.4 Å². The standard InChI is InChI=1S/C10H13BrN4O2S2/c1-12-6-7-5-8(10(11)18-7)19(16,17)14-9-3-4-15(2)13-9/h3-5,12H,6H2,1-2H3,(H,13,14). The van der Waals surface area contributed by atoms with Gasteiger partial charge in [0.1, 0.15) is 4.90 Å². The van der Waals surface area contributed by atoms with Gasteiger partial charge in [0.2, 0.25) is 0 Å². The average molecular weight is 365 g/mol. The molecule has 0 aliphatic heterocycles. The van der Waals surface area contributed by atoms with Crippen LogP contribution in [0.15, 0.2) is 27.0 Å². The molecule has 0 fully saturated rings. The number of halogens is 1. The van der Waals surface area contributed by atoms with Crippen LogP contribution in [0.1, 0.15) is 4.88 Å². The maximum Gasteiger partial charge on any atom is 0.265 e. The van der Waals surface area contributed by atoms with Crippen LogP contribution in [0.25, 0.3) is 0 Å². The van der Waals surface area contributed by atoms with Crippen LogP contribution in [0.2, 0.25) is 0 Å². The minimum atomic E-state index is -3.62. The van der Waals surface area contributed by atoms with E-state index in [0.29, 0.717) is 16.1 Å². The van der Waals surface area contributed by atoms with Gasteiger partial charge < -0.3 is 5.32 Å². The highest BCUT2D eigenvalue weighted by molar-refractivity contribution is 9.11. The lowest BCUT2D eigenvalue weighted by Crippen LogP contribution is -2.13. The van der Waals surface area contributed by atoms with Crippen LogP contribution in [0.5, 0.6) is 0 Å². The summed E-state index contributed by atoms with van der Waals surface area (Å²) in [5, 5.41) is 6.98. The van der Waals surface area contributed by atoms with E-state index < -0.39 is 10.0 Å². The molecule has 104 valence electrons. The van der Waals surface area contributed by atoms with Crippen molar-refractivity contribution in [2.24, 2.45) is 7.05 Å². The summed E-state index contributed by atoms with van der Waals surface area (Å²) >= 11 is 4.68.